The van der Waals surface area contributed by atoms with Gasteiger partial charge in [0.2, 0.25) is 17.3 Å². The van der Waals surface area contributed by atoms with Gasteiger partial charge in [0.25, 0.3) is 0 Å². The van der Waals surface area contributed by atoms with Crippen molar-refractivity contribution in [3.05, 3.63) is 68.4 Å². The molecule has 8 atom stereocenters. The zero-order valence-electron chi connectivity index (χ0n) is 26.8. The van der Waals surface area contributed by atoms with Crippen LogP contribution >= 0.6 is 0 Å². The number of nitrogens with one attached hydrogen (secondary N) is 1. The van der Waals surface area contributed by atoms with Gasteiger partial charge >= 0.3 is 5.97 Å². The summed E-state index contributed by atoms with van der Waals surface area (Å²) in [4.78, 5) is 68.2. The Kier molecular flexibility index (Phi) is 8.07. The number of ketones is 4. The number of hydrogen-bond donors (Lipinski definition) is 7. The summed E-state index contributed by atoms with van der Waals surface area (Å²) in [5.41, 5.74) is -11.6. The fraction of sp³-hybridized carbons (Fsp3) is 0.424. The van der Waals surface area contributed by atoms with Crippen LogP contribution in [0.25, 0.3) is 0 Å². The third kappa shape index (κ3) is 4.39. The predicted molar refractivity (Wildman–Crippen MR) is 161 cm³/mol. The van der Waals surface area contributed by atoms with E-state index in [4.69, 9.17) is 18.9 Å². The van der Waals surface area contributed by atoms with E-state index in [2.05, 4.69) is 5.32 Å². The number of phenolic OH excluding ortho intramolecular Hbond substituents is 2. The van der Waals surface area contributed by atoms with Gasteiger partial charge in [-0.05, 0) is 31.0 Å². The number of methoxy groups -OCH3 is 3. The van der Waals surface area contributed by atoms with Crippen LogP contribution in [0.5, 0.6) is 11.5 Å². The molecule has 0 spiro atoms. The van der Waals surface area contributed by atoms with Gasteiger partial charge in [0.1, 0.15) is 35.4 Å². The summed E-state index contributed by atoms with van der Waals surface area (Å²) in [7, 11) is 3.65. The van der Waals surface area contributed by atoms with Gasteiger partial charge in [-0.15, -0.1) is 0 Å². The monoisotopic (exact) mass is 683 g/mol. The number of Topliss-reactive ketones (excluding diaryl/α,β-unsaturated/α-hetero) is 3. The van der Waals surface area contributed by atoms with Gasteiger partial charge in [-0.3, -0.25) is 19.2 Å². The Morgan fingerprint density at radius 1 is 0.939 bits per heavy atom. The standard InChI is InChI=1S/C33H33NO15/c1-10-6-12-7-17(36)32(44)29(42)20-14(28(41)33(32,45)21(12)24(39)18(10)31(43)48-5)8-13-19(23(20)38)16(35)9-15(22(13)37)34-30-27(47-4)25(40)26(46-3)11(2)49-30/h6,8-9,11,17,25-27,30,34,36,38-40,44-45H,7H2,1-5H3/t11-,17-,25+,26-,27+,30-,32-,33+/m0/s1. The van der Waals surface area contributed by atoms with Crippen LogP contribution in [0, 0.1) is 6.92 Å². The van der Waals surface area contributed by atoms with Gasteiger partial charge in [-0.2, -0.15) is 0 Å². The molecule has 0 aromatic heterocycles. The summed E-state index contributed by atoms with van der Waals surface area (Å²) in [6, 6.07) is 2.04. The van der Waals surface area contributed by atoms with E-state index in [-0.39, 0.29) is 11.1 Å². The Labute approximate surface area is 277 Å². The van der Waals surface area contributed by atoms with Crippen molar-refractivity contribution >= 4 is 29.1 Å². The van der Waals surface area contributed by atoms with E-state index >= 15 is 0 Å². The number of allylic oxidation sites excluding steroid dienone is 2. The van der Waals surface area contributed by atoms with Crippen LogP contribution in [0.1, 0.15) is 75.4 Å². The minimum atomic E-state index is -3.46. The maximum atomic E-state index is 14.3. The van der Waals surface area contributed by atoms with Crippen LogP contribution in [0.3, 0.4) is 0 Å². The zero-order chi connectivity index (χ0) is 36.1. The molecule has 49 heavy (non-hydrogen) atoms. The summed E-state index contributed by atoms with van der Waals surface area (Å²) in [5.74, 6) is -8.38. The van der Waals surface area contributed by atoms with E-state index in [0.29, 0.717) is 0 Å². The second-order valence-electron chi connectivity index (χ2n) is 12.4. The number of aliphatic hydroxyl groups excluding tert-OH is 2. The number of phenols is 2. The van der Waals surface area contributed by atoms with E-state index in [1.807, 2.05) is 0 Å². The highest BCUT2D eigenvalue weighted by Crippen LogP contribution is 2.55. The Morgan fingerprint density at radius 2 is 1.59 bits per heavy atom. The average molecular weight is 684 g/mol. The van der Waals surface area contributed by atoms with Crippen LogP contribution in [0.2, 0.25) is 0 Å². The first-order valence-electron chi connectivity index (χ1n) is 15.0. The van der Waals surface area contributed by atoms with E-state index in [0.717, 1.165) is 19.3 Å². The molecule has 16 heteroatoms. The van der Waals surface area contributed by atoms with Gasteiger partial charge in [-0.1, -0.05) is 6.07 Å². The number of carbonyl (C=O) groups is 5. The fourth-order valence-corrected chi connectivity index (χ4v) is 7.49. The molecule has 2 aromatic carbocycles. The fourth-order valence-electron chi connectivity index (χ4n) is 7.49. The van der Waals surface area contributed by atoms with Gasteiger partial charge in [0, 0.05) is 43.4 Å². The van der Waals surface area contributed by atoms with E-state index < -0.39 is 134 Å². The van der Waals surface area contributed by atoms with Crippen LogP contribution in [0.15, 0.2) is 23.9 Å². The lowest BCUT2D eigenvalue weighted by Crippen LogP contribution is -2.72. The molecule has 1 heterocycles. The van der Waals surface area contributed by atoms with E-state index in [1.54, 1.807) is 6.92 Å². The molecule has 3 aliphatic carbocycles. The summed E-state index contributed by atoms with van der Waals surface area (Å²) in [5, 5.41) is 71.1. The van der Waals surface area contributed by atoms with Crippen molar-refractivity contribution in [2.75, 3.05) is 21.3 Å². The van der Waals surface area contributed by atoms with Crippen molar-refractivity contribution in [1.29, 1.82) is 0 Å². The van der Waals surface area contributed by atoms with Crippen molar-refractivity contribution in [1.82, 2.24) is 5.32 Å². The highest BCUT2D eigenvalue weighted by molar-refractivity contribution is 6.30. The number of esters is 1. The maximum Gasteiger partial charge on any atom is 0.341 e. The van der Waals surface area contributed by atoms with Crippen molar-refractivity contribution in [2.24, 2.45) is 0 Å². The van der Waals surface area contributed by atoms with Gasteiger partial charge in [0.05, 0.1) is 36.1 Å². The number of ether oxygens (including phenoxy) is 4. The SMILES string of the molecule is COC(=O)c1c(C)cc2c(c1O)[C@@]1(O)C(=O)c3cc4c(c(O)c3C(=O)[C@@]1(O)[C@@H](O)C2)C(=O)C=C(N[C@H]1O[C@@H](C)[C@H](OC)[C@@H](O)[C@H]1OC)C4=O. The lowest BCUT2D eigenvalue weighted by atomic mass is 9.57. The summed E-state index contributed by atoms with van der Waals surface area (Å²) in [6.07, 6.45) is -7.03. The molecular weight excluding hydrogens is 650 g/mol. The number of rotatable bonds is 5. The molecule has 0 radical (unpaired) electrons. The number of aromatic hydroxyl groups is 2. The number of hydrogen-bond acceptors (Lipinski definition) is 16. The van der Waals surface area contributed by atoms with Crippen molar-refractivity contribution in [3.8, 4) is 11.5 Å². The number of benzene rings is 2. The second kappa shape index (κ2) is 11.5. The Morgan fingerprint density at radius 3 is 2.20 bits per heavy atom. The van der Waals surface area contributed by atoms with E-state index in [9.17, 15) is 54.6 Å². The minimum absolute atomic E-state index is 0.0953. The topological polar surface area (TPSA) is 256 Å². The molecule has 1 aliphatic heterocycles. The van der Waals surface area contributed by atoms with Gasteiger partial charge in [0.15, 0.2) is 23.2 Å². The first kappa shape index (κ1) is 34.3. The third-order valence-electron chi connectivity index (χ3n) is 9.87. The number of carbonyl (C=O) groups excluding carboxylic acids is 5. The molecule has 7 N–H and O–H groups in total. The molecule has 1 saturated heterocycles. The lowest BCUT2D eigenvalue weighted by Gasteiger charge is -2.51. The van der Waals surface area contributed by atoms with Crippen LogP contribution in [-0.2, 0) is 31.0 Å². The Bertz CT molecular complexity index is 1900. The first-order valence-corrected chi connectivity index (χ1v) is 15.0. The Balaban J connectivity index is 1.49. The average Bonchev–Trinajstić information content (AvgIpc) is 3.04. The van der Waals surface area contributed by atoms with Crippen molar-refractivity contribution in [2.45, 2.75) is 68.2 Å². The maximum absolute atomic E-state index is 14.3. The normalized spacial score (nSPS) is 32.1. The van der Waals surface area contributed by atoms with Gasteiger partial charge in [-0.25, -0.2) is 4.79 Å². The molecule has 16 nitrogen and oxygen atoms in total. The highest BCUT2D eigenvalue weighted by atomic mass is 16.6. The number of fused-ring (bicyclic) bond motifs is 5. The largest absolute Gasteiger partial charge is 0.507 e. The Hall–Kier alpha value is -4.55. The molecule has 4 aliphatic rings. The van der Waals surface area contributed by atoms with Crippen LogP contribution in [-0.4, -0.2) is 123 Å². The molecule has 0 amide bonds. The zero-order valence-corrected chi connectivity index (χ0v) is 26.8. The molecule has 2 aromatic rings. The van der Waals surface area contributed by atoms with Crippen molar-refractivity contribution < 1.29 is 73.6 Å². The summed E-state index contributed by atoms with van der Waals surface area (Å²) in [6.45, 7) is 3.01. The predicted octanol–water partition coefficient (Wildman–Crippen LogP) is -0.904. The number of aryl methyl sites for hydroxylation is 1. The lowest BCUT2D eigenvalue weighted by molar-refractivity contribution is -0.236. The molecule has 0 bridgehead atoms. The van der Waals surface area contributed by atoms with Crippen molar-refractivity contribution in [3.63, 3.8) is 0 Å². The second-order valence-corrected chi connectivity index (χ2v) is 12.4. The first-order chi connectivity index (χ1) is 23.0. The summed E-state index contributed by atoms with van der Waals surface area (Å²) >= 11 is 0. The molecule has 0 saturated carbocycles. The van der Waals surface area contributed by atoms with Crippen LogP contribution in [0.4, 0.5) is 0 Å². The third-order valence-corrected chi connectivity index (χ3v) is 9.87. The molecule has 260 valence electrons. The van der Waals surface area contributed by atoms with Crippen LogP contribution < -0.4 is 5.32 Å². The minimum Gasteiger partial charge on any atom is -0.507 e. The molecular formula is C33H33NO15. The highest BCUT2D eigenvalue weighted by Gasteiger charge is 2.71. The number of aliphatic hydroxyl groups is 4. The molecule has 6 rings (SSSR count). The molecule has 0 unspecified atom stereocenters. The quantitative estimate of drug-likeness (QED) is 0.188. The summed E-state index contributed by atoms with van der Waals surface area (Å²) < 4.78 is 21.2. The van der Waals surface area contributed by atoms with E-state index in [1.165, 1.54) is 27.2 Å². The molecule has 1 fully saturated rings. The smallest absolute Gasteiger partial charge is 0.341 e. The van der Waals surface area contributed by atoms with Gasteiger partial charge < -0.3 is 54.9 Å².